The van der Waals surface area contributed by atoms with Crippen LogP contribution in [0.5, 0.6) is 5.75 Å². The maximum absolute atomic E-state index is 14.3. The lowest BCUT2D eigenvalue weighted by atomic mass is 9.95. The highest BCUT2D eigenvalue weighted by Crippen LogP contribution is 2.18. The van der Waals surface area contributed by atoms with Crippen LogP contribution in [0.4, 0.5) is 4.79 Å². The van der Waals surface area contributed by atoms with Crippen molar-refractivity contribution < 1.29 is 23.9 Å². The Morgan fingerprint density at radius 2 is 1.38 bits per heavy atom. The molecule has 258 valence electrons. The first kappa shape index (κ1) is 35.4. The average Bonchev–Trinajstić information content (AvgIpc) is 3.64. The molecule has 5 rings (SSSR count). The first-order valence-electron chi connectivity index (χ1n) is 16.6. The summed E-state index contributed by atoms with van der Waals surface area (Å²) < 4.78 is 11.4. The third-order valence-electron chi connectivity index (χ3n) is 7.94. The third kappa shape index (κ3) is 11.4. The molecule has 4 aromatic carbocycles. The van der Waals surface area contributed by atoms with Gasteiger partial charge in [-0.05, 0) is 54.7 Å². The molecule has 0 radical (unpaired) electrons. The second-order valence-electron chi connectivity index (χ2n) is 12.7. The van der Waals surface area contributed by atoms with E-state index in [1.54, 1.807) is 6.20 Å². The number of carbonyl (C=O) groups excluding carboxylic acids is 3. The molecule has 0 aliphatic heterocycles. The average molecular weight is 674 g/mol. The maximum atomic E-state index is 14.3. The number of nitrogens with zero attached hydrogens (tertiary/aromatic N) is 2. The van der Waals surface area contributed by atoms with Crippen LogP contribution < -0.4 is 15.4 Å². The fourth-order valence-electron chi connectivity index (χ4n) is 5.55. The van der Waals surface area contributed by atoms with Crippen molar-refractivity contribution in [2.24, 2.45) is 0 Å². The number of aromatic amines is 1. The van der Waals surface area contributed by atoms with Crippen LogP contribution in [-0.2, 0) is 46.9 Å². The molecule has 5 aromatic rings. The molecule has 1 heterocycles. The zero-order valence-corrected chi connectivity index (χ0v) is 28.4. The monoisotopic (exact) mass is 673 g/mol. The van der Waals surface area contributed by atoms with E-state index in [9.17, 15) is 14.4 Å². The number of amides is 3. The molecule has 0 unspecified atom stereocenters. The van der Waals surface area contributed by atoms with Crippen LogP contribution in [0.15, 0.2) is 128 Å². The highest BCUT2D eigenvalue weighted by Gasteiger charge is 2.30. The molecule has 1 atom stereocenters. The first-order valence-corrected chi connectivity index (χ1v) is 16.6. The number of carbonyl (C=O) groups is 3. The van der Waals surface area contributed by atoms with Gasteiger partial charge in [-0.3, -0.25) is 9.59 Å². The van der Waals surface area contributed by atoms with Gasteiger partial charge >= 0.3 is 6.09 Å². The number of imidazole rings is 1. The van der Waals surface area contributed by atoms with E-state index in [4.69, 9.17) is 9.47 Å². The summed E-state index contributed by atoms with van der Waals surface area (Å²) in [5.74, 6) is -0.0958. The van der Waals surface area contributed by atoms with Gasteiger partial charge < -0.3 is 30.0 Å². The van der Waals surface area contributed by atoms with Crippen molar-refractivity contribution in [2.45, 2.75) is 58.0 Å². The van der Waals surface area contributed by atoms with Gasteiger partial charge in [-0.1, -0.05) is 103 Å². The molecule has 0 aliphatic carbocycles. The maximum Gasteiger partial charge on any atom is 0.408 e. The van der Waals surface area contributed by atoms with Gasteiger partial charge in [0.2, 0.25) is 11.8 Å². The Hall–Kier alpha value is -5.90. The number of nitrogens with one attached hydrogen (secondary N) is 3. The van der Waals surface area contributed by atoms with Crippen molar-refractivity contribution in [1.82, 2.24) is 25.5 Å². The zero-order chi connectivity index (χ0) is 35.2. The number of rotatable bonds is 16. The lowest BCUT2D eigenvalue weighted by molar-refractivity contribution is -0.138. The standard InChI is InChI=1S/C40H43N5O5/c1-40(2,23-30-12-6-3-7-13-30)44-37(46)26-45(25-31-18-20-35(21-19-31)49-27-32-14-8-4-9-15-32)38(47)36(22-34-24-41-29-42-34)43-39(48)50-28-33-16-10-5-11-17-33/h3-21,24,29,36H,22-23,25-28H2,1-2H3,(H,41,42)(H,43,48)(H,44,46)/t36-/m0/s1. The number of H-pyrrole nitrogens is 1. The molecular formula is C40H43N5O5. The predicted octanol–water partition coefficient (Wildman–Crippen LogP) is 5.99. The summed E-state index contributed by atoms with van der Waals surface area (Å²) in [5.41, 5.74) is 3.78. The Bertz CT molecular complexity index is 1780. The summed E-state index contributed by atoms with van der Waals surface area (Å²) in [4.78, 5) is 49.4. The minimum absolute atomic E-state index is 0.0406. The first-order chi connectivity index (χ1) is 24.2. The summed E-state index contributed by atoms with van der Waals surface area (Å²) in [6.45, 7) is 4.24. The summed E-state index contributed by atoms with van der Waals surface area (Å²) in [6.07, 6.45) is 3.07. The van der Waals surface area contributed by atoms with Crippen LogP contribution in [-0.4, -0.2) is 50.9 Å². The molecule has 3 amide bonds. The Balaban J connectivity index is 1.32. The fraction of sp³-hybridized carbons (Fsp3) is 0.250. The number of ether oxygens (including phenoxy) is 2. The van der Waals surface area contributed by atoms with Crippen molar-refractivity contribution in [3.8, 4) is 5.75 Å². The normalized spacial score (nSPS) is 11.6. The Morgan fingerprint density at radius 1 is 0.780 bits per heavy atom. The minimum Gasteiger partial charge on any atom is -0.489 e. The topological polar surface area (TPSA) is 126 Å². The van der Waals surface area contributed by atoms with Crippen LogP contribution in [0.3, 0.4) is 0 Å². The van der Waals surface area contributed by atoms with Gasteiger partial charge in [0.05, 0.1) is 12.9 Å². The molecule has 50 heavy (non-hydrogen) atoms. The number of aromatic nitrogens is 2. The SMILES string of the molecule is CC(C)(Cc1ccccc1)NC(=O)CN(Cc1ccc(OCc2ccccc2)cc1)C(=O)[C@H](Cc1cnc[nH]1)NC(=O)OCc1ccccc1. The molecule has 3 N–H and O–H groups in total. The van der Waals surface area contributed by atoms with Gasteiger partial charge in [0.25, 0.3) is 0 Å². The van der Waals surface area contributed by atoms with Crippen LogP contribution in [0.25, 0.3) is 0 Å². The zero-order valence-electron chi connectivity index (χ0n) is 28.4. The molecule has 1 aromatic heterocycles. The van der Waals surface area contributed by atoms with Crippen molar-refractivity contribution in [3.05, 3.63) is 156 Å². The van der Waals surface area contributed by atoms with E-state index in [1.165, 1.54) is 11.2 Å². The van der Waals surface area contributed by atoms with Gasteiger partial charge in [0.15, 0.2) is 0 Å². The fourth-order valence-corrected chi connectivity index (χ4v) is 5.55. The largest absolute Gasteiger partial charge is 0.489 e. The Labute approximate surface area is 292 Å². The van der Waals surface area contributed by atoms with Crippen molar-refractivity contribution in [2.75, 3.05) is 6.54 Å². The number of alkyl carbamates (subject to hydrolysis) is 1. The summed E-state index contributed by atoms with van der Waals surface area (Å²) >= 11 is 0. The molecule has 0 saturated carbocycles. The molecule has 0 bridgehead atoms. The van der Waals surface area contributed by atoms with Crippen LogP contribution >= 0.6 is 0 Å². The lowest BCUT2D eigenvalue weighted by Gasteiger charge is -2.31. The van der Waals surface area contributed by atoms with E-state index in [0.717, 1.165) is 22.3 Å². The molecular weight excluding hydrogens is 630 g/mol. The molecule has 10 nitrogen and oxygen atoms in total. The summed E-state index contributed by atoms with van der Waals surface area (Å²) in [6, 6.07) is 35.4. The van der Waals surface area contributed by atoms with Gasteiger partial charge in [0, 0.05) is 30.4 Å². The molecule has 0 fully saturated rings. The van der Waals surface area contributed by atoms with E-state index in [-0.39, 0.29) is 32.0 Å². The van der Waals surface area contributed by atoms with Gasteiger partial charge in [-0.2, -0.15) is 0 Å². The molecule has 0 aliphatic rings. The second kappa shape index (κ2) is 17.5. The minimum atomic E-state index is -1.04. The van der Waals surface area contributed by atoms with E-state index in [0.29, 0.717) is 24.5 Å². The van der Waals surface area contributed by atoms with E-state index in [1.807, 2.05) is 129 Å². The molecule has 10 heteroatoms. The van der Waals surface area contributed by atoms with E-state index >= 15 is 0 Å². The van der Waals surface area contributed by atoms with Crippen molar-refractivity contribution in [3.63, 3.8) is 0 Å². The Morgan fingerprint density at radius 3 is 1.98 bits per heavy atom. The van der Waals surface area contributed by atoms with Crippen molar-refractivity contribution >= 4 is 17.9 Å². The smallest absolute Gasteiger partial charge is 0.408 e. The van der Waals surface area contributed by atoms with Crippen LogP contribution in [0.2, 0.25) is 0 Å². The van der Waals surface area contributed by atoms with Gasteiger partial charge in [0.1, 0.15) is 25.0 Å². The highest BCUT2D eigenvalue weighted by molar-refractivity contribution is 5.90. The molecule has 0 saturated heterocycles. The number of hydrogen-bond acceptors (Lipinski definition) is 6. The van der Waals surface area contributed by atoms with E-state index in [2.05, 4.69) is 20.6 Å². The summed E-state index contributed by atoms with van der Waals surface area (Å²) in [7, 11) is 0. The van der Waals surface area contributed by atoms with Crippen molar-refractivity contribution in [1.29, 1.82) is 0 Å². The quantitative estimate of drug-likeness (QED) is 0.118. The number of hydrogen-bond donors (Lipinski definition) is 3. The molecule has 0 spiro atoms. The third-order valence-corrected chi connectivity index (χ3v) is 7.94. The predicted molar refractivity (Wildman–Crippen MR) is 191 cm³/mol. The van der Waals surface area contributed by atoms with Crippen LogP contribution in [0, 0.1) is 0 Å². The van der Waals surface area contributed by atoms with Crippen LogP contribution in [0.1, 0.15) is 41.8 Å². The van der Waals surface area contributed by atoms with Gasteiger partial charge in [-0.25, -0.2) is 9.78 Å². The number of benzene rings is 4. The highest BCUT2D eigenvalue weighted by atomic mass is 16.5. The van der Waals surface area contributed by atoms with E-state index < -0.39 is 23.6 Å². The lowest BCUT2D eigenvalue weighted by Crippen LogP contribution is -2.54. The van der Waals surface area contributed by atoms with Gasteiger partial charge in [-0.15, -0.1) is 0 Å². The second-order valence-corrected chi connectivity index (χ2v) is 12.7. The summed E-state index contributed by atoms with van der Waals surface area (Å²) in [5, 5.41) is 5.84. The Kier molecular flexibility index (Phi) is 12.4.